The third-order valence-electron chi connectivity index (χ3n) is 8.23. The molecule has 3 rings (SSSR count). The van der Waals surface area contributed by atoms with Gasteiger partial charge in [0, 0.05) is 24.0 Å². The molecule has 8 heteroatoms. The highest BCUT2D eigenvalue weighted by Gasteiger charge is 2.36. The van der Waals surface area contributed by atoms with Gasteiger partial charge in [-0.25, -0.2) is 4.39 Å². The van der Waals surface area contributed by atoms with Crippen molar-refractivity contribution in [2.75, 3.05) is 6.54 Å². The van der Waals surface area contributed by atoms with Crippen LogP contribution in [0.1, 0.15) is 96.3 Å². The number of amides is 1. The number of rotatable bonds is 9. The Balaban J connectivity index is 1.96. The highest BCUT2D eigenvalue weighted by molar-refractivity contribution is 6.40. The van der Waals surface area contributed by atoms with Crippen LogP contribution in [-0.2, 0) is 4.79 Å². The lowest BCUT2D eigenvalue weighted by Crippen LogP contribution is -2.48. The van der Waals surface area contributed by atoms with E-state index in [9.17, 15) is 14.0 Å². The zero-order chi connectivity index (χ0) is 28.2. The number of ketones is 1. The molecule has 2 aliphatic rings. The topological polar surface area (TPSA) is 73.3 Å². The van der Waals surface area contributed by atoms with Gasteiger partial charge in [0.1, 0.15) is 5.82 Å². The van der Waals surface area contributed by atoms with Crippen molar-refractivity contribution in [1.29, 1.82) is 5.41 Å². The van der Waals surface area contributed by atoms with E-state index in [1.54, 1.807) is 4.90 Å². The van der Waals surface area contributed by atoms with E-state index < -0.39 is 11.6 Å². The SMILES string of the molecule is CC(C)/C(N[C@H]1CC[C@@H](C)CC1)=C(/C=N)C(=O)N(CC(=O)c1c(Cl)cc(F)cc1Cl)C1CCC(C)(C)CC1. The summed E-state index contributed by atoms with van der Waals surface area (Å²) >= 11 is 12.4. The van der Waals surface area contributed by atoms with Crippen molar-refractivity contribution >= 4 is 41.1 Å². The van der Waals surface area contributed by atoms with Crippen LogP contribution >= 0.6 is 23.2 Å². The number of carbonyl (C=O) groups is 2. The van der Waals surface area contributed by atoms with Gasteiger partial charge in [0.05, 0.1) is 27.7 Å². The molecule has 0 atom stereocenters. The van der Waals surface area contributed by atoms with Crippen molar-refractivity contribution in [1.82, 2.24) is 10.2 Å². The van der Waals surface area contributed by atoms with Gasteiger partial charge in [-0.15, -0.1) is 0 Å². The van der Waals surface area contributed by atoms with E-state index in [0.29, 0.717) is 5.92 Å². The third-order valence-corrected chi connectivity index (χ3v) is 8.82. The first kappa shape index (κ1) is 30.6. The Hall–Kier alpha value is -1.92. The Morgan fingerprint density at radius 3 is 2.16 bits per heavy atom. The van der Waals surface area contributed by atoms with Gasteiger partial charge in [0.15, 0.2) is 5.78 Å². The Kier molecular flexibility index (Phi) is 10.4. The van der Waals surface area contributed by atoms with Crippen LogP contribution in [0, 0.1) is 28.5 Å². The molecule has 5 nitrogen and oxygen atoms in total. The number of Topliss-reactive ketones (excluding diaryl/α,β-unsaturated/α-hetero) is 1. The summed E-state index contributed by atoms with van der Waals surface area (Å²) in [5.41, 5.74) is 1.22. The summed E-state index contributed by atoms with van der Waals surface area (Å²) in [4.78, 5) is 29.2. The molecule has 2 aliphatic carbocycles. The molecule has 1 aromatic carbocycles. The highest BCUT2D eigenvalue weighted by Crippen LogP contribution is 2.38. The molecule has 38 heavy (non-hydrogen) atoms. The highest BCUT2D eigenvalue weighted by atomic mass is 35.5. The van der Waals surface area contributed by atoms with Crippen molar-refractivity contribution in [3.63, 3.8) is 0 Å². The molecule has 0 unspecified atom stereocenters. The van der Waals surface area contributed by atoms with Crippen LogP contribution in [0.2, 0.25) is 10.0 Å². The summed E-state index contributed by atoms with van der Waals surface area (Å²) in [6.45, 7) is 10.5. The lowest BCUT2D eigenvalue weighted by Gasteiger charge is -2.40. The molecule has 0 saturated heterocycles. The molecule has 1 aromatic rings. The van der Waals surface area contributed by atoms with Crippen LogP contribution in [0.4, 0.5) is 4.39 Å². The summed E-state index contributed by atoms with van der Waals surface area (Å²) < 4.78 is 13.8. The first-order valence-electron chi connectivity index (χ1n) is 13.8. The van der Waals surface area contributed by atoms with Crippen molar-refractivity contribution in [2.45, 2.75) is 98.1 Å². The van der Waals surface area contributed by atoms with E-state index >= 15 is 0 Å². The Labute approximate surface area is 237 Å². The maximum atomic E-state index is 14.2. The van der Waals surface area contributed by atoms with Crippen molar-refractivity contribution in [2.24, 2.45) is 17.3 Å². The minimum absolute atomic E-state index is 0.00118. The summed E-state index contributed by atoms with van der Waals surface area (Å²) in [6, 6.07) is 2.22. The fraction of sp³-hybridized carbons (Fsp3) is 0.633. The monoisotopic (exact) mass is 565 g/mol. The van der Waals surface area contributed by atoms with Gasteiger partial charge >= 0.3 is 0 Å². The van der Waals surface area contributed by atoms with Crippen LogP contribution in [0.15, 0.2) is 23.4 Å². The number of carbonyl (C=O) groups excluding carboxylic acids is 2. The summed E-state index contributed by atoms with van der Waals surface area (Å²) in [7, 11) is 0. The molecule has 0 aliphatic heterocycles. The number of nitrogens with zero attached hydrogens (tertiary/aromatic N) is 1. The van der Waals surface area contributed by atoms with Gasteiger partial charge in [-0.3, -0.25) is 9.59 Å². The van der Waals surface area contributed by atoms with E-state index in [1.807, 2.05) is 13.8 Å². The number of benzene rings is 1. The molecular weight excluding hydrogens is 524 g/mol. The zero-order valence-corrected chi connectivity index (χ0v) is 24.8. The van der Waals surface area contributed by atoms with Crippen molar-refractivity contribution < 1.29 is 14.0 Å². The predicted molar refractivity (Wildman–Crippen MR) is 154 cm³/mol. The largest absolute Gasteiger partial charge is 0.385 e. The number of nitrogens with one attached hydrogen (secondary N) is 2. The molecule has 2 fully saturated rings. The Bertz CT molecular complexity index is 1040. The number of hydrogen-bond donors (Lipinski definition) is 2. The van der Waals surface area contributed by atoms with E-state index in [-0.39, 0.29) is 57.1 Å². The summed E-state index contributed by atoms with van der Waals surface area (Å²) in [5, 5.41) is 11.7. The zero-order valence-electron chi connectivity index (χ0n) is 23.3. The molecular formula is C30H42Cl2FN3O2. The molecule has 210 valence electrons. The second-order valence-electron chi connectivity index (χ2n) is 12.2. The lowest BCUT2D eigenvalue weighted by molar-refractivity contribution is -0.129. The van der Waals surface area contributed by atoms with Crippen molar-refractivity contribution in [3.8, 4) is 0 Å². The van der Waals surface area contributed by atoms with E-state index in [1.165, 1.54) is 0 Å². The fourth-order valence-electron chi connectivity index (χ4n) is 5.69. The van der Waals surface area contributed by atoms with Crippen LogP contribution in [0.25, 0.3) is 0 Å². The molecule has 0 aromatic heterocycles. The molecule has 0 bridgehead atoms. The molecule has 1 amide bonds. The second-order valence-corrected chi connectivity index (χ2v) is 13.0. The van der Waals surface area contributed by atoms with Crippen LogP contribution in [-0.4, -0.2) is 41.4 Å². The van der Waals surface area contributed by atoms with Gasteiger partial charge < -0.3 is 15.6 Å². The summed E-state index contributed by atoms with van der Waals surface area (Å²) in [5.74, 6) is -0.710. The van der Waals surface area contributed by atoms with Gasteiger partial charge in [0.2, 0.25) is 0 Å². The van der Waals surface area contributed by atoms with Gasteiger partial charge in [0.25, 0.3) is 5.91 Å². The quantitative estimate of drug-likeness (QED) is 0.182. The number of hydrogen-bond acceptors (Lipinski definition) is 4. The van der Waals surface area contributed by atoms with Crippen LogP contribution in [0.3, 0.4) is 0 Å². The first-order valence-corrected chi connectivity index (χ1v) is 14.6. The summed E-state index contributed by atoms with van der Waals surface area (Å²) in [6.07, 6.45) is 8.80. The number of allylic oxidation sites excluding steroid dienone is 1. The third kappa shape index (κ3) is 7.59. The average molecular weight is 567 g/mol. The molecule has 0 heterocycles. The van der Waals surface area contributed by atoms with Crippen LogP contribution in [0.5, 0.6) is 0 Å². The lowest BCUT2D eigenvalue weighted by atomic mass is 9.75. The van der Waals surface area contributed by atoms with E-state index in [4.69, 9.17) is 28.6 Å². The maximum Gasteiger partial charge on any atom is 0.257 e. The first-order chi connectivity index (χ1) is 17.8. The second kappa shape index (κ2) is 13.0. The van der Waals surface area contributed by atoms with Gasteiger partial charge in [-0.2, -0.15) is 0 Å². The van der Waals surface area contributed by atoms with E-state index in [2.05, 4.69) is 26.1 Å². The van der Waals surface area contributed by atoms with Gasteiger partial charge in [-0.1, -0.05) is 57.8 Å². The average Bonchev–Trinajstić information content (AvgIpc) is 2.83. The normalized spacial score (nSPS) is 22.6. The minimum Gasteiger partial charge on any atom is -0.385 e. The Morgan fingerprint density at radius 2 is 1.66 bits per heavy atom. The van der Waals surface area contributed by atoms with Crippen LogP contribution < -0.4 is 5.32 Å². The van der Waals surface area contributed by atoms with Crippen molar-refractivity contribution in [3.05, 3.63) is 44.8 Å². The fourth-order valence-corrected chi connectivity index (χ4v) is 6.37. The maximum absolute atomic E-state index is 14.2. The number of halogens is 3. The minimum atomic E-state index is -0.627. The molecule has 0 spiro atoms. The standard InChI is InChI=1S/C30H42Cl2FN3O2/c1-18(2)28(35-21-8-6-19(3)7-9-21)23(16-34)29(38)36(22-10-12-30(4,5)13-11-22)17-26(37)27-24(31)14-20(33)15-25(27)32/h14-16,18-19,21-22,34-35H,6-13,17H2,1-5H3/b28-23+,34-16?/t19-,21+. The predicted octanol–water partition coefficient (Wildman–Crippen LogP) is 7.84. The molecule has 2 saturated carbocycles. The smallest absolute Gasteiger partial charge is 0.257 e. The van der Waals surface area contributed by atoms with Gasteiger partial charge in [-0.05, 0) is 80.8 Å². The Morgan fingerprint density at radius 1 is 1.11 bits per heavy atom. The molecule has 2 N–H and O–H groups in total. The van der Waals surface area contributed by atoms with E-state index in [0.717, 1.165) is 75.4 Å². The molecule has 0 radical (unpaired) electrons.